The number of piperidine rings is 1. The smallest absolute Gasteiger partial charge is 0.270 e. The molecule has 0 unspecified atom stereocenters. The summed E-state index contributed by atoms with van der Waals surface area (Å²) in [5.41, 5.74) is 1.81. The van der Waals surface area contributed by atoms with E-state index in [0.29, 0.717) is 17.7 Å². The Labute approximate surface area is 136 Å². The van der Waals surface area contributed by atoms with Gasteiger partial charge < -0.3 is 9.88 Å². The zero-order chi connectivity index (χ0) is 15.6. The van der Waals surface area contributed by atoms with Crippen molar-refractivity contribution >= 4 is 5.91 Å². The minimum Gasteiger partial charge on any atom is -0.357 e. The third kappa shape index (κ3) is 3.01. The maximum atomic E-state index is 12.7. The van der Waals surface area contributed by atoms with E-state index in [1.165, 1.54) is 6.42 Å². The predicted molar refractivity (Wildman–Crippen MR) is 87.9 cm³/mol. The van der Waals surface area contributed by atoms with Crippen LogP contribution in [0, 0.1) is 5.92 Å². The third-order valence-electron chi connectivity index (χ3n) is 4.99. The van der Waals surface area contributed by atoms with Crippen LogP contribution in [0.1, 0.15) is 29.0 Å². The van der Waals surface area contributed by atoms with Crippen molar-refractivity contribution in [3.05, 3.63) is 54.1 Å². The molecule has 120 valence electrons. The number of amides is 1. The number of hydrogen-bond donors (Lipinski definition) is 1. The molecule has 2 bridgehead atoms. The minimum atomic E-state index is 0.143. The van der Waals surface area contributed by atoms with E-state index in [9.17, 15) is 4.79 Å². The van der Waals surface area contributed by atoms with Crippen LogP contribution < -0.4 is 0 Å². The molecule has 2 aromatic heterocycles. The zero-order valence-electron chi connectivity index (χ0n) is 13.2. The molecule has 0 radical (unpaired) electrons. The number of H-pyrrole nitrogens is 1. The first kappa shape index (κ1) is 14.5. The standard InChI is InChI=1S/C18H22N4O/c23-18(17-5-3-9-20-17)22-11-14-6-7-16(22)13-21(10-14)12-15-4-1-2-8-19-15/h1-5,8-9,14,16,20H,6-7,10-13H2/t14-,16+/m0/s1. The molecule has 5 heterocycles. The molecular formula is C18H22N4O. The number of rotatable bonds is 3. The van der Waals surface area contributed by atoms with Crippen LogP contribution in [0.25, 0.3) is 0 Å². The molecule has 2 aromatic rings. The van der Waals surface area contributed by atoms with E-state index in [4.69, 9.17) is 0 Å². The highest BCUT2D eigenvalue weighted by molar-refractivity contribution is 5.92. The quantitative estimate of drug-likeness (QED) is 0.945. The minimum absolute atomic E-state index is 0.143. The van der Waals surface area contributed by atoms with Gasteiger partial charge in [-0.2, -0.15) is 0 Å². The molecule has 3 saturated heterocycles. The van der Waals surface area contributed by atoms with Crippen LogP contribution in [-0.4, -0.2) is 51.4 Å². The number of nitrogens with one attached hydrogen (secondary N) is 1. The molecule has 23 heavy (non-hydrogen) atoms. The van der Waals surface area contributed by atoms with Gasteiger partial charge in [-0.25, -0.2) is 0 Å². The molecule has 1 N–H and O–H groups in total. The fraction of sp³-hybridized carbons (Fsp3) is 0.444. The number of nitrogens with zero attached hydrogens (tertiary/aromatic N) is 3. The predicted octanol–water partition coefficient (Wildman–Crippen LogP) is 2.15. The normalized spacial score (nSPS) is 24.6. The van der Waals surface area contributed by atoms with Crippen molar-refractivity contribution in [3.63, 3.8) is 0 Å². The first-order chi connectivity index (χ1) is 11.3. The van der Waals surface area contributed by atoms with Gasteiger partial charge in [-0.1, -0.05) is 6.07 Å². The van der Waals surface area contributed by atoms with Crippen molar-refractivity contribution in [2.45, 2.75) is 25.4 Å². The Morgan fingerprint density at radius 2 is 2.13 bits per heavy atom. The maximum Gasteiger partial charge on any atom is 0.270 e. The molecule has 5 heteroatoms. The molecule has 3 fully saturated rings. The van der Waals surface area contributed by atoms with Gasteiger partial charge in [0.1, 0.15) is 5.69 Å². The highest BCUT2D eigenvalue weighted by Gasteiger charge is 2.37. The van der Waals surface area contributed by atoms with E-state index in [2.05, 4.69) is 25.8 Å². The molecule has 5 rings (SSSR count). The second kappa shape index (κ2) is 6.16. The highest BCUT2D eigenvalue weighted by atomic mass is 16.2. The summed E-state index contributed by atoms with van der Waals surface area (Å²) < 4.78 is 0. The van der Waals surface area contributed by atoms with Crippen LogP contribution >= 0.6 is 0 Å². The molecule has 0 spiro atoms. The third-order valence-corrected chi connectivity index (χ3v) is 4.99. The first-order valence-electron chi connectivity index (χ1n) is 8.36. The fourth-order valence-electron chi connectivity index (χ4n) is 3.90. The number of fused-ring (bicyclic) bond motifs is 4. The second-order valence-electron chi connectivity index (χ2n) is 6.65. The summed E-state index contributed by atoms with van der Waals surface area (Å²) in [4.78, 5) is 24.8. The number of aromatic amines is 1. The monoisotopic (exact) mass is 310 g/mol. The van der Waals surface area contributed by atoms with Gasteiger partial charge in [0, 0.05) is 44.6 Å². The van der Waals surface area contributed by atoms with Gasteiger partial charge in [-0.3, -0.25) is 14.7 Å². The lowest BCUT2D eigenvalue weighted by atomic mass is 9.95. The van der Waals surface area contributed by atoms with Crippen LogP contribution in [0.5, 0.6) is 0 Å². The average molecular weight is 310 g/mol. The van der Waals surface area contributed by atoms with Gasteiger partial charge in [0.15, 0.2) is 0 Å². The van der Waals surface area contributed by atoms with Gasteiger partial charge in [0.2, 0.25) is 0 Å². The van der Waals surface area contributed by atoms with Crippen molar-refractivity contribution in [1.29, 1.82) is 0 Å². The van der Waals surface area contributed by atoms with Crippen LogP contribution in [-0.2, 0) is 6.54 Å². The number of carbonyl (C=O) groups is 1. The maximum absolute atomic E-state index is 12.7. The Kier molecular flexibility index (Phi) is 3.87. The summed E-state index contributed by atoms with van der Waals surface area (Å²) >= 11 is 0. The van der Waals surface area contributed by atoms with Gasteiger partial charge in [-0.15, -0.1) is 0 Å². The number of carbonyl (C=O) groups excluding carboxylic acids is 1. The van der Waals surface area contributed by atoms with E-state index >= 15 is 0 Å². The number of hydrogen-bond acceptors (Lipinski definition) is 3. The van der Waals surface area contributed by atoms with Crippen molar-refractivity contribution in [2.75, 3.05) is 19.6 Å². The summed E-state index contributed by atoms with van der Waals surface area (Å²) in [5.74, 6) is 0.709. The fourth-order valence-corrected chi connectivity index (χ4v) is 3.90. The topological polar surface area (TPSA) is 52.2 Å². The molecule has 0 saturated carbocycles. The second-order valence-corrected chi connectivity index (χ2v) is 6.65. The lowest BCUT2D eigenvalue weighted by Gasteiger charge is -2.36. The van der Waals surface area contributed by atoms with Gasteiger partial charge in [-0.05, 0) is 43.0 Å². The first-order valence-corrected chi connectivity index (χ1v) is 8.36. The van der Waals surface area contributed by atoms with Crippen molar-refractivity contribution < 1.29 is 4.79 Å². The molecule has 3 aliphatic heterocycles. The SMILES string of the molecule is O=C(c1ccc[nH]1)N1C[C@H]2CC[C@@H]1CN(Cc1ccccn1)C2. The molecule has 3 aliphatic rings. The average Bonchev–Trinajstić information content (AvgIpc) is 2.98. The summed E-state index contributed by atoms with van der Waals surface area (Å²) in [5, 5.41) is 0. The zero-order valence-corrected chi connectivity index (χ0v) is 13.2. The number of pyridine rings is 1. The molecule has 2 atom stereocenters. The Hall–Kier alpha value is -2.14. The van der Waals surface area contributed by atoms with Crippen molar-refractivity contribution in [3.8, 4) is 0 Å². The van der Waals surface area contributed by atoms with Gasteiger partial charge in [0.05, 0.1) is 5.69 Å². The van der Waals surface area contributed by atoms with Crippen LogP contribution in [0.15, 0.2) is 42.7 Å². The molecule has 0 aromatic carbocycles. The molecule has 0 aliphatic carbocycles. The van der Waals surface area contributed by atoms with Crippen LogP contribution in [0.3, 0.4) is 0 Å². The Bertz CT molecular complexity index is 655. The summed E-state index contributed by atoms with van der Waals surface area (Å²) in [6, 6.07) is 10.1. The van der Waals surface area contributed by atoms with E-state index in [1.807, 2.05) is 36.7 Å². The van der Waals surface area contributed by atoms with E-state index < -0.39 is 0 Å². The highest BCUT2D eigenvalue weighted by Crippen LogP contribution is 2.29. The van der Waals surface area contributed by atoms with E-state index in [-0.39, 0.29) is 5.91 Å². The Morgan fingerprint density at radius 1 is 1.17 bits per heavy atom. The Balaban J connectivity index is 1.49. The van der Waals surface area contributed by atoms with Gasteiger partial charge >= 0.3 is 0 Å². The molecule has 1 amide bonds. The largest absolute Gasteiger partial charge is 0.357 e. The van der Waals surface area contributed by atoms with Crippen LogP contribution in [0.4, 0.5) is 0 Å². The summed E-state index contributed by atoms with van der Waals surface area (Å²) in [6.45, 7) is 3.75. The molecular weight excluding hydrogens is 288 g/mol. The lowest BCUT2D eigenvalue weighted by Crippen LogP contribution is -2.47. The van der Waals surface area contributed by atoms with Crippen LogP contribution in [0.2, 0.25) is 0 Å². The summed E-state index contributed by atoms with van der Waals surface area (Å²) in [6.07, 6.45) is 5.99. The summed E-state index contributed by atoms with van der Waals surface area (Å²) in [7, 11) is 0. The molecule has 5 nitrogen and oxygen atoms in total. The Morgan fingerprint density at radius 3 is 2.91 bits per heavy atom. The van der Waals surface area contributed by atoms with E-state index in [0.717, 1.165) is 38.3 Å². The lowest BCUT2D eigenvalue weighted by molar-refractivity contribution is 0.0579. The van der Waals surface area contributed by atoms with E-state index in [1.54, 1.807) is 0 Å². The number of aromatic nitrogens is 2. The van der Waals surface area contributed by atoms with Gasteiger partial charge in [0.25, 0.3) is 5.91 Å². The van der Waals surface area contributed by atoms with Crippen molar-refractivity contribution in [1.82, 2.24) is 19.8 Å². The van der Waals surface area contributed by atoms with Crippen molar-refractivity contribution in [2.24, 2.45) is 5.92 Å².